The van der Waals surface area contributed by atoms with Crippen LogP contribution in [0.1, 0.15) is 50.3 Å². The lowest BCUT2D eigenvalue weighted by molar-refractivity contribution is 0.784. The van der Waals surface area contributed by atoms with Gasteiger partial charge in [0.1, 0.15) is 0 Å². The number of nitrogens with two attached hydrogens (primary N) is 1. The Kier molecular flexibility index (Phi) is 10.1. The van der Waals surface area contributed by atoms with Gasteiger partial charge in [-0.1, -0.05) is 39.0 Å². The second-order valence-corrected chi connectivity index (χ2v) is 7.96. The molecule has 0 fully saturated rings. The first kappa shape index (κ1) is 25.3. The topological polar surface area (TPSA) is 54.0 Å². The van der Waals surface area contributed by atoms with Crippen molar-refractivity contribution in [2.45, 2.75) is 53.5 Å². The molecule has 0 bridgehead atoms. The lowest BCUT2D eigenvalue weighted by Gasteiger charge is -2.27. The molecule has 32 heavy (non-hydrogen) atoms. The van der Waals surface area contributed by atoms with Crippen LogP contribution in [-0.4, -0.2) is 26.0 Å². The largest absolute Gasteiger partial charge is 0.341 e. The average Bonchev–Trinajstić information content (AvgIpc) is 2.81. The zero-order chi connectivity index (χ0) is 23.5. The average molecular weight is 431 g/mol. The summed E-state index contributed by atoms with van der Waals surface area (Å²) in [5.74, 6) is 0. The normalized spacial score (nSPS) is 12.1. The molecule has 0 atom stereocenters. The molecule has 0 heterocycles. The molecule has 0 radical (unpaired) electrons. The summed E-state index contributed by atoms with van der Waals surface area (Å²) in [7, 11) is 1.76. The summed E-state index contributed by atoms with van der Waals surface area (Å²) < 4.78 is 0. The van der Waals surface area contributed by atoms with E-state index in [2.05, 4.69) is 78.6 Å². The first-order chi connectivity index (χ1) is 15.5. The standard InChI is InChI=1S/C28H38N4/c1-7-10-13-32(27-16-23(8-2)15-24(17-27)18-29)26-11-12-28(21(4)14-26)31-19-22(5)25(9-3)20-30-6/h9,11-12,14-17,19-20H,5,7-8,10,13,18,29H2,1-4,6H3/b25-9+,30-20-,31-19-. The smallest absolute Gasteiger partial charge is 0.0660 e. The monoisotopic (exact) mass is 430 g/mol. The molecule has 0 aromatic heterocycles. The van der Waals surface area contributed by atoms with Crippen molar-refractivity contribution < 1.29 is 0 Å². The number of unbranched alkanes of at least 4 members (excludes halogenated alkanes) is 1. The van der Waals surface area contributed by atoms with Crippen LogP contribution in [0.5, 0.6) is 0 Å². The van der Waals surface area contributed by atoms with Gasteiger partial charge in [-0.05, 0) is 84.9 Å². The second-order valence-electron chi connectivity index (χ2n) is 7.96. The van der Waals surface area contributed by atoms with E-state index in [1.54, 1.807) is 13.3 Å². The maximum atomic E-state index is 5.98. The van der Waals surface area contributed by atoms with Gasteiger partial charge >= 0.3 is 0 Å². The zero-order valence-corrected chi connectivity index (χ0v) is 20.4. The third kappa shape index (κ3) is 6.76. The summed E-state index contributed by atoms with van der Waals surface area (Å²) in [4.78, 5) is 11.2. The van der Waals surface area contributed by atoms with Crippen molar-refractivity contribution in [1.29, 1.82) is 0 Å². The van der Waals surface area contributed by atoms with Gasteiger partial charge in [0.15, 0.2) is 0 Å². The fraction of sp³-hybridized carbons (Fsp3) is 0.357. The SMILES string of the molecule is C=C(/C=N\c1ccc(N(CCCC)c2cc(CC)cc(CN)c2)cc1C)C(/C=N\C)=C/C. The zero-order valence-electron chi connectivity index (χ0n) is 20.4. The van der Waals surface area contributed by atoms with Crippen molar-refractivity contribution >= 4 is 29.5 Å². The Morgan fingerprint density at radius 2 is 1.81 bits per heavy atom. The van der Waals surface area contributed by atoms with Gasteiger partial charge in [0.05, 0.1) is 5.69 Å². The number of anilines is 2. The highest BCUT2D eigenvalue weighted by Crippen LogP contribution is 2.32. The molecule has 0 aliphatic carbocycles. The van der Waals surface area contributed by atoms with Gasteiger partial charge in [0, 0.05) is 43.9 Å². The molecule has 0 spiro atoms. The number of hydrogen-bond acceptors (Lipinski definition) is 4. The van der Waals surface area contributed by atoms with Crippen LogP contribution in [0.25, 0.3) is 0 Å². The van der Waals surface area contributed by atoms with E-state index < -0.39 is 0 Å². The van der Waals surface area contributed by atoms with Gasteiger partial charge in [-0.25, -0.2) is 0 Å². The highest BCUT2D eigenvalue weighted by Gasteiger charge is 2.12. The fourth-order valence-corrected chi connectivity index (χ4v) is 3.60. The lowest BCUT2D eigenvalue weighted by Crippen LogP contribution is -2.19. The molecule has 4 nitrogen and oxygen atoms in total. The van der Waals surface area contributed by atoms with Crippen molar-refractivity contribution in [3.63, 3.8) is 0 Å². The van der Waals surface area contributed by atoms with Crippen LogP contribution >= 0.6 is 0 Å². The summed E-state index contributed by atoms with van der Waals surface area (Å²) in [6.45, 7) is 14.1. The molecule has 0 saturated heterocycles. The summed E-state index contributed by atoms with van der Waals surface area (Å²) in [6, 6.07) is 13.2. The molecule has 0 unspecified atom stereocenters. The Morgan fingerprint density at radius 1 is 1.06 bits per heavy atom. The predicted octanol–water partition coefficient (Wildman–Crippen LogP) is 6.86. The number of allylic oxidation sites excluding steroid dienone is 3. The van der Waals surface area contributed by atoms with E-state index in [9.17, 15) is 0 Å². The van der Waals surface area contributed by atoms with Gasteiger partial charge < -0.3 is 10.6 Å². The molecular formula is C28H38N4. The number of aliphatic imine (C=N–C) groups is 2. The molecule has 4 heteroatoms. The molecule has 0 aliphatic rings. The van der Waals surface area contributed by atoms with Crippen molar-refractivity contribution in [3.8, 4) is 0 Å². The highest BCUT2D eigenvalue weighted by atomic mass is 15.1. The van der Waals surface area contributed by atoms with Crippen LogP contribution in [0.15, 0.2) is 70.2 Å². The van der Waals surface area contributed by atoms with Crippen LogP contribution in [0.3, 0.4) is 0 Å². The maximum absolute atomic E-state index is 5.98. The lowest BCUT2D eigenvalue weighted by atomic mass is 10.0. The van der Waals surface area contributed by atoms with Crippen molar-refractivity contribution in [2.75, 3.05) is 18.5 Å². The molecule has 0 aliphatic heterocycles. The number of benzene rings is 2. The highest BCUT2D eigenvalue weighted by molar-refractivity contribution is 5.98. The molecule has 2 aromatic carbocycles. The van der Waals surface area contributed by atoms with Crippen molar-refractivity contribution in [3.05, 3.63) is 76.9 Å². The summed E-state index contributed by atoms with van der Waals surface area (Å²) >= 11 is 0. The number of hydrogen-bond donors (Lipinski definition) is 1. The third-order valence-corrected chi connectivity index (χ3v) is 5.53. The van der Waals surface area contributed by atoms with E-state index in [1.807, 2.05) is 19.2 Å². The predicted molar refractivity (Wildman–Crippen MR) is 142 cm³/mol. The quantitative estimate of drug-likeness (QED) is 0.313. The van der Waals surface area contributed by atoms with Gasteiger partial charge in [-0.3, -0.25) is 9.98 Å². The van der Waals surface area contributed by atoms with E-state index in [-0.39, 0.29) is 0 Å². The first-order valence-electron chi connectivity index (χ1n) is 11.5. The van der Waals surface area contributed by atoms with Crippen LogP contribution in [-0.2, 0) is 13.0 Å². The van der Waals surface area contributed by atoms with Crippen molar-refractivity contribution in [1.82, 2.24) is 0 Å². The molecule has 2 aromatic rings. The van der Waals surface area contributed by atoms with Gasteiger partial charge in [0.25, 0.3) is 0 Å². The summed E-state index contributed by atoms with van der Waals surface area (Å²) in [5, 5.41) is 0. The molecule has 2 rings (SSSR count). The molecule has 2 N–H and O–H groups in total. The van der Waals surface area contributed by atoms with Gasteiger partial charge in [0.2, 0.25) is 0 Å². The third-order valence-electron chi connectivity index (χ3n) is 5.53. The van der Waals surface area contributed by atoms with Crippen LogP contribution in [0.4, 0.5) is 17.1 Å². The first-order valence-corrected chi connectivity index (χ1v) is 11.5. The molecule has 0 saturated carbocycles. The fourth-order valence-electron chi connectivity index (χ4n) is 3.60. The number of rotatable bonds is 11. The minimum atomic E-state index is 0.552. The van der Waals surface area contributed by atoms with Gasteiger partial charge in [-0.2, -0.15) is 0 Å². The molecular weight excluding hydrogens is 392 g/mol. The van der Waals surface area contributed by atoms with Gasteiger partial charge in [-0.15, -0.1) is 0 Å². The Morgan fingerprint density at radius 3 is 2.41 bits per heavy atom. The van der Waals surface area contributed by atoms with E-state index in [0.717, 1.165) is 48.2 Å². The number of aryl methyl sites for hydroxylation is 2. The molecule has 0 amide bonds. The second kappa shape index (κ2) is 12.8. The van der Waals surface area contributed by atoms with Crippen LogP contribution < -0.4 is 10.6 Å². The Balaban J connectivity index is 2.38. The minimum absolute atomic E-state index is 0.552. The van der Waals surface area contributed by atoms with E-state index in [1.165, 1.54) is 22.5 Å². The maximum Gasteiger partial charge on any atom is 0.0660 e. The Hall–Kier alpha value is -2.98. The van der Waals surface area contributed by atoms with Crippen molar-refractivity contribution in [2.24, 2.45) is 15.7 Å². The summed E-state index contributed by atoms with van der Waals surface area (Å²) in [5.41, 5.74) is 14.7. The minimum Gasteiger partial charge on any atom is -0.341 e. The summed E-state index contributed by atoms with van der Waals surface area (Å²) in [6.07, 6.45) is 8.87. The number of nitrogens with zero attached hydrogens (tertiary/aromatic N) is 3. The Labute approximate surface area is 194 Å². The Bertz CT molecular complexity index is 976. The van der Waals surface area contributed by atoms with E-state index in [0.29, 0.717) is 6.54 Å². The van der Waals surface area contributed by atoms with Crippen LogP contribution in [0.2, 0.25) is 0 Å². The van der Waals surface area contributed by atoms with E-state index in [4.69, 9.17) is 5.73 Å². The van der Waals surface area contributed by atoms with E-state index >= 15 is 0 Å². The molecule has 170 valence electrons. The van der Waals surface area contributed by atoms with Crippen LogP contribution in [0, 0.1) is 6.92 Å².